The molecular weight excluding hydrogens is 354 g/mol. The third-order valence-electron chi connectivity index (χ3n) is 4.32. The molecule has 1 saturated heterocycles. The van der Waals surface area contributed by atoms with E-state index < -0.39 is 29.2 Å². The number of rotatable bonds is 7. The molecule has 0 aromatic carbocycles. The van der Waals surface area contributed by atoms with E-state index in [1.807, 2.05) is 0 Å². The Balaban J connectivity index is 2.88. The zero-order chi connectivity index (χ0) is 20.7. The second kappa shape index (κ2) is 9.92. The predicted octanol–water partition coefficient (Wildman–Crippen LogP) is 2.41. The maximum atomic E-state index is 12.5. The molecule has 1 N–H and O–H groups in total. The topological polar surface area (TPSA) is 102 Å². The van der Waals surface area contributed by atoms with E-state index in [1.165, 1.54) is 0 Å². The fourth-order valence-corrected chi connectivity index (χ4v) is 3.03. The number of piperidine rings is 1. The fraction of sp³-hybridized carbons (Fsp3) is 0.842. The van der Waals surface area contributed by atoms with Crippen molar-refractivity contribution >= 4 is 18.0 Å². The van der Waals surface area contributed by atoms with Crippen molar-refractivity contribution in [2.75, 3.05) is 19.8 Å². The monoisotopic (exact) mass is 387 g/mol. The van der Waals surface area contributed by atoms with E-state index in [0.717, 1.165) is 12.8 Å². The van der Waals surface area contributed by atoms with Crippen LogP contribution in [0.5, 0.6) is 0 Å². The molecule has 1 unspecified atom stereocenters. The average Bonchev–Trinajstić information content (AvgIpc) is 2.58. The van der Waals surface area contributed by atoms with Crippen molar-refractivity contribution in [2.24, 2.45) is 0 Å². The molecule has 0 bridgehead atoms. The molecule has 1 atom stereocenters. The first-order valence-corrected chi connectivity index (χ1v) is 9.61. The van der Waals surface area contributed by atoms with E-state index in [9.17, 15) is 19.5 Å². The number of carbonyl (C=O) groups is 3. The molecule has 1 fully saturated rings. The predicted molar refractivity (Wildman–Crippen MR) is 98.0 cm³/mol. The van der Waals surface area contributed by atoms with Crippen LogP contribution in [0.1, 0.15) is 66.7 Å². The lowest BCUT2D eigenvalue weighted by atomic mass is 9.91. The van der Waals surface area contributed by atoms with Crippen molar-refractivity contribution < 1.29 is 33.7 Å². The van der Waals surface area contributed by atoms with Gasteiger partial charge < -0.3 is 24.2 Å². The maximum absolute atomic E-state index is 12.5. The molecule has 27 heavy (non-hydrogen) atoms. The number of ether oxygens (including phenoxy) is 3. The summed E-state index contributed by atoms with van der Waals surface area (Å²) in [6.45, 7) is 9.18. The van der Waals surface area contributed by atoms with Crippen LogP contribution >= 0.6 is 0 Å². The van der Waals surface area contributed by atoms with Gasteiger partial charge in [-0.15, -0.1) is 0 Å². The summed E-state index contributed by atoms with van der Waals surface area (Å²) in [6, 6.07) is -0.232. The first kappa shape index (κ1) is 23.2. The summed E-state index contributed by atoms with van der Waals surface area (Å²) >= 11 is 0. The molecule has 0 aromatic heterocycles. The average molecular weight is 387 g/mol. The third-order valence-corrected chi connectivity index (χ3v) is 4.32. The number of esters is 2. The molecule has 1 rings (SSSR count). The number of aliphatic hydroxyl groups is 1. The van der Waals surface area contributed by atoms with Crippen LogP contribution in [0.25, 0.3) is 0 Å². The quantitative estimate of drug-likeness (QED) is 0.406. The van der Waals surface area contributed by atoms with Crippen LogP contribution in [-0.2, 0) is 23.8 Å². The molecule has 1 aliphatic heterocycles. The Morgan fingerprint density at radius 2 is 1.59 bits per heavy atom. The third kappa shape index (κ3) is 6.68. The lowest BCUT2D eigenvalue weighted by Gasteiger charge is -2.37. The van der Waals surface area contributed by atoms with Crippen LogP contribution in [0.15, 0.2) is 0 Å². The number of hydrogen-bond acceptors (Lipinski definition) is 7. The zero-order valence-electron chi connectivity index (χ0n) is 17.1. The summed E-state index contributed by atoms with van der Waals surface area (Å²) < 4.78 is 15.2. The summed E-state index contributed by atoms with van der Waals surface area (Å²) in [7, 11) is 0. The molecule has 0 radical (unpaired) electrons. The molecule has 1 amide bonds. The molecular formula is C19H33NO7. The van der Waals surface area contributed by atoms with Gasteiger partial charge in [-0.25, -0.2) is 14.4 Å². The van der Waals surface area contributed by atoms with Crippen LogP contribution in [0.2, 0.25) is 0 Å². The van der Waals surface area contributed by atoms with Gasteiger partial charge in [-0.2, -0.15) is 0 Å². The van der Waals surface area contributed by atoms with Gasteiger partial charge in [-0.3, -0.25) is 0 Å². The van der Waals surface area contributed by atoms with E-state index in [2.05, 4.69) is 0 Å². The lowest BCUT2D eigenvalue weighted by Crippen LogP contribution is -2.51. The van der Waals surface area contributed by atoms with Crippen LogP contribution < -0.4 is 0 Å². The van der Waals surface area contributed by atoms with E-state index in [1.54, 1.807) is 39.5 Å². The van der Waals surface area contributed by atoms with Crippen molar-refractivity contribution in [1.29, 1.82) is 0 Å². The van der Waals surface area contributed by atoms with Crippen molar-refractivity contribution in [3.63, 3.8) is 0 Å². The molecule has 0 spiro atoms. The van der Waals surface area contributed by atoms with Crippen molar-refractivity contribution in [1.82, 2.24) is 4.90 Å². The number of carbonyl (C=O) groups excluding carboxylic acids is 3. The minimum absolute atomic E-state index is 0.0357. The van der Waals surface area contributed by atoms with E-state index in [-0.39, 0.29) is 32.1 Å². The molecule has 8 nitrogen and oxygen atoms in total. The summed E-state index contributed by atoms with van der Waals surface area (Å²) in [5, 5.41) is 10.7. The van der Waals surface area contributed by atoms with Gasteiger partial charge >= 0.3 is 18.0 Å². The van der Waals surface area contributed by atoms with Crippen LogP contribution in [0.4, 0.5) is 4.79 Å². The van der Waals surface area contributed by atoms with E-state index in [0.29, 0.717) is 13.0 Å². The Bertz CT molecular complexity index is 509. The van der Waals surface area contributed by atoms with E-state index >= 15 is 0 Å². The van der Waals surface area contributed by atoms with Gasteiger partial charge in [0.15, 0.2) is 0 Å². The summed E-state index contributed by atoms with van der Waals surface area (Å²) in [4.78, 5) is 38.5. The molecule has 0 saturated carbocycles. The highest BCUT2D eigenvalue weighted by Gasteiger charge is 2.48. The molecule has 0 aliphatic carbocycles. The van der Waals surface area contributed by atoms with E-state index in [4.69, 9.17) is 14.2 Å². The van der Waals surface area contributed by atoms with Crippen molar-refractivity contribution in [3.05, 3.63) is 0 Å². The Morgan fingerprint density at radius 1 is 1.04 bits per heavy atom. The van der Waals surface area contributed by atoms with Crippen LogP contribution in [0.3, 0.4) is 0 Å². The van der Waals surface area contributed by atoms with Gasteiger partial charge in [0.2, 0.25) is 0 Å². The van der Waals surface area contributed by atoms with Crippen LogP contribution in [-0.4, -0.2) is 65.0 Å². The second-order valence-electron chi connectivity index (χ2n) is 7.66. The molecule has 156 valence electrons. The van der Waals surface area contributed by atoms with Crippen LogP contribution in [0, 0.1) is 0 Å². The molecule has 1 heterocycles. The number of likely N-dealkylation sites (tertiary alicyclic amines) is 1. The Labute approximate surface area is 161 Å². The highest BCUT2D eigenvalue weighted by molar-refractivity contribution is 6.03. The van der Waals surface area contributed by atoms with Gasteiger partial charge in [-0.05, 0) is 60.3 Å². The van der Waals surface area contributed by atoms with Gasteiger partial charge in [0.25, 0.3) is 5.60 Å². The van der Waals surface area contributed by atoms with Gasteiger partial charge in [-0.1, -0.05) is 0 Å². The Kier molecular flexibility index (Phi) is 8.53. The molecule has 1 aliphatic rings. The summed E-state index contributed by atoms with van der Waals surface area (Å²) in [5.41, 5.74) is -2.99. The summed E-state index contributed by atoms with van der Waals surface area (Å²) in [5.74, 6) is -2.05. The Morgan fingerprint density at radius 3 is 2.07 bits per heavy atom. The van der Waals surface area contributed by atoms with Crippen molar-refractivity contribution in [3.8, 4) is 0 Å². The minimum Gasteiger partial charge on any atom is -0.463 e. The summed E-state index contributed by atoms with van der Waals surface area (Å²) in [6.07, 6.45) is 2.13. The van der Waals surface area contributed by atoms with Gasteiger partial charge in [0.1, 0.15) is 5.60 Å². The first-order valence-electron chi connectivity index (χ1n) is 9.61. The van der Waals surface area contributed by atoms with Gasteiger partial charge in [0, 0.05) is 19.0 Å². The molecule has 8 heteroatoms. The Hall–Kier alpha value is -1.83. The minimum atomic E-state index is -2.37. The fourth-order valence-electron chi connectivity index (χ4n) is 3.03. The SMILES string of the molecule is CCOC(=O)C(O)(CCC1CCCCN1C(=O)OC(C)(C)C)C(=O)OCC. The lowest BCUT2D eigenvalue weighted by molar-refractivity contribution is -0.184. The highest BCUT2D eigenvalue weighted by atomic mass is 16.6. The van der Waals surface area contributed by atoms with Crippen molar-refractivity contribution in [2.45, 2.75) is 84.0 Å². The first-order chi connectivity index (χ1) is 12.5. The largest absolute Gasteiger partial charge is 0.463 e. The standard InChI is InChI=1S/C19H33NO7/c1-6-25-15(21)19(24,16(22)26-7-2)12-11-14-10-8-9-13-20(14)17(23)27-18(3,4)5/h14,24H,6-13H2,1-5H3. The second-order valence-corrected chi connectivity index (χ2v) is 7.66. The smallest absolute Gasteiger partial charge is 0.410 e. The van der Waals surface area contributed by atoms with Gasteiger partial charge in [0.05, 0.1) is 13.2 Å². The maximum Gasteiger partial charge on any atom is 0.410 e. The molecule has 0 aromatic rings. The number of hydrogen-bond donors (Lipinski definition) is 1. The number of nitrogens with zero attached hydrogens (tertiary/aromatic N) is 1. The zero-order valence-corrected chi connectivity index (χ0v) is 17.1. The highest BCUT2D eigenvalue weighted by Crippen LogP contribution is 2.27. The normalized spacial score (nSPS) is 18.0. The number of amides is 1.